The molecule has 0 bridgehead atoms. The zero-order valence-corrected chi connectivity index (χ0v) is 12.1. The number of nitrogens with zero attached hydrogens (tertiary/aromatic N) is 1. The quantitative estimate of drug-likeness (QED) is 0.586. The summed E-state index contributed by atoms with van der Waals surface area (Å²) in [4.78, 5) is 4.03. The monoisotopic (exact) mass is 317 g/mol. The second kappa shape index (κ2) is 5.83. The molecule has 0 fully saturated rings. The van der Waals surface area contributed by atoms with Gasteiger partial charge in [0.2, 0.25) is 0 Å². The number of aryl methyl sites for hydroxylation is 1. The van der Waals surface area contributed by atoms with Crippen LogP contribution in [0.15, 0.2) is 48.7 Å². The number of hydrogen-bond acceptors (Lipinski definition) is 1. The number of halogens is 4. The molecule has 1 heterocycles. The Balaban J connectivity index is 2.03. The molecule has 0 aliphatic rings. The lowest BCUT2D eigenvalue weighted by Gasteiger charge is -2.08. The van der Waals surface area contributed by atoms with Crippen molar-refractivity contribution in [2.45, 2.75) is 6.92 Å². The predicted octanol–water partition coefficient (Wildman–Crippen LogP) is 5.28. The van der Waals surface area contributed by atoms with E-state index in [4.69, 9.17) is 0 Å². The molecule has 0 unspecified atom stereocenters. The highest BCUT2D eigenvalue weighted by atomic mass is 19.2. The smallest absolute Gasteiger partial charge is 0.168 e. The van der Waals surface area contributed by atoms with E-state index in [2.05, 4.69) is 4.98 Å². The van der Waals surface area contributed by atoms with Crippen LogP contribution in [0.5, 0.6) is 0 Å². The first-order valence-corrected chi connectivity index (χ1v) is 6.84. The van der Waals surface area contributed by atoms with Gasteiger partial charge in [0.1, 0.15) is 0 Å². The van der Waals surface area contributed by atoms with E-state index in [1.54, 1.807) is 0 Å². The molecular formula is C18H11F4N. The van der Waals surface area contributed by atoms with Crippen LogP contribution in [-0.2, 0) is 0 Å². The molecule has 0 aliphatic carbocycles. The second-order valence-electron chi connectivity index (χ2n) is 5.09. The van der Waals surface area contributed by atoms with Gasteiger partial charge in [-0.3, -0.25) is 4.98 Å². The van der Waals surface area contributed by atoms with Crippen molar-refractivity contribution in [3.8, 4) is 22.4 Å². The van der Waals surface area contributed by atoms with E-state index < -0.39 is 23.3 Å². The van der Waals surface area contributed by atoms with Gasteiger partial charge in [0.25, 0.3) is 0 Å². The van der Waals surface area contributed by atoms with Crippen LogP contribution in [0.3, 0.4) is 0 Å². The van der Waals surface area contributed by atoms with E-state index in [1.165, 1.54) is 49.5 Å². The number of pyridine rings is 1. The summed E-state index contributed by atoms with van der Waals surface area (Å²) in [5.41, 5.74) is 0.823. The molecule has 3 aromatic rings. The molecule has 0 amide bonds. The Bertz CT molecular complexity index is 873. The van der Waals surface area contributed by atoms with Gasteiger partial charge in [0, 0.05) is 22.9 Å². The third-order valence-corrected chi connectivity index (χ3v) is 3.58. The Kier molecular flexibility index (Phi) is 3.86. The number of aromatic nitrogens is 1. The maximum atomic E-state index is 14.0. The van der Waals surface area contributed by atoms with Crippen molar-refractivity contribution in [2.75, 3.05) is 0 Å². The third kappa shape index (κ3) is 2.70. The van der Waals surface area contributed by atoms with Crippen LogP contribution in [0, 0.1) is 30.2 Å². The Labute approximate surface area is 130 Å². The summed E-state index contributed by atoms with van der Waals surface area (Å²) in [7, 11) is 0. The van der Waals surface area contributed by atoms with Crippen LogP contribution >= 0.6 is 0 Å². The van der Waals surface area contributed by atoms with Crippen LogP contribution in [0.4, 0.5) is 17.6 Å². The average molecular weight is 317 g/mol. The second-order valence-corrected chi connectivity index (χ2v) is 5.09. The molecule has 0 radical (unpaired) electrons. The number of hydrogen-bond donors (Lipinski definition) is 0. The highest BCUT2D eigenvalue weighted by Gasteiger charge is 2.14. The topological polar surface area (TPSA) is 12.9 Å². The minimum Gasteiger partial charge on any atom is -0.256 e. The maximum absolute atomic E-state index is 14.0. The van der Waals surface area contributed by atoms with E-state index in [0.717, 1.165) is 6.07 Å². The van der Waals surface area contributed by atoms with Crippen molar-refractivity contribution in [1.29, 1.82) is 0 Å². The van der Waals surface area contributed by atoms with Crippen LogP contribution < -0.4 is 0 Å². The molecule has 3 rings (SSSR count). The SMILES string of the molecule is Cc1ccc(-c2ccc(-c3cccc(F)c3F)cn2)c(F)c1F. The third-order valence-electron chi connectivity index (χ3n) is 3.58. The van der Waals surface area contributed by atoms with Crippen molar-refractivity contribution in [2.24, 2.45) is 0 Å². The van der Waals surface area contributed by atoms with Gasteiger partial charge in [0.15, 0.2) is 23.3 Å². The summed E-state index contributed by atoms with van der Waals surface area (Å²) >= 11 is 0. The lowest BCUT2D eigenvalue weighted by Crippen LogP contribution is -1.95. The zero-order chi connectivity index (χ0) is 16.6. The minimum absolute atomic E-state index is 0.0133. The fourth-order valence-electron chi connectivity index (χ4n) is 2.28. The molecule has 0 saturated carbocycles. The molecule has 0 aliphatic heterocycles. The highest BCUT2D eigenvalue weighted by Crippen LogP contribution is 2.28. The summed E-state index contributed by atoms with van der Waals surface area (Å²) in [6.07, 6.45) is 1.30. The first-order chi connectivity index (χ1) is 11.0. The van der Waals surface area contributed by atoms with Gasteiger partial charge in [-0.15, -0.1) is 0 Å². The van der Waals surface area contributed by atoms with Crippen LogP contribution in [0.1, 0.15) is 5.56 Å². The van der Waals surface area contributed by atoms with E-state index in [0.29, 0.717) is 5.56 Å². The minimum atomic E-state index is -0.984. The van der Waals surface area contributed by atoms with Crippen molar-refractivity contribution in [3.63, 3.8) is 0 Å². The Morgan fingerprint density at radius 3 is 2.22 bits per heavy atom. The van der Waals surface area contributed by atoms with Gasteiger partial charge in [-0.1, -0.05) is 24.3 Å². The average Bonchev–Trinajstić information content (AvgIpc) is 2.56. The lowest BCUT2D eigenvalue weighted by atomic mass is 10.0. The number of rotatable bonds is 2. The molecule has 0 N–H and O–H groups in total. The number of benzene rings is 2. The molecule has 0 atom stereocenters. The van der Waals surface area contributed by atoms with Gasteiger partial charge in [-0.05, 0) is 30.7 Å². The molecule has 2 aromatic carbocycles. The molecule has 0 spiro atoms. The summed E-state index contributed by atoms with van der Waals surface area (Å²) in [6.45, 7) is 1.46. The first kappa shape index (κ1) is 15.2. The van der Waals surface area contributed by atoms with Crippen LogP contribution in [0.25, 0.3) is 22.4 Å². The highest BCUT2D eigenvalue weighted by molar-refractivity contribution is 5.67. The van der Waals surface area contributed by atoms with E-state index in [1.807, 2.05) is 0 Å². The van der Waals surface area contributed by atoms with Crippen molar-refractivity contribution >= 4 is 0 Å². The van der Waals surface area contributed by atoms with E-state index >= 15 is 0 Å². The fourth-order valence-corrected chi connectivity index (χ4v) is 2.28. The van der Waals surface area contributed by atoms with Crippen molar-refractivity contribution < 1.29 is 17.6 Å². The fraction of sp³-hybridized carbons (Fsp3) is 0.0556. The van der Waals surface area contributed by atoms with Crippen molar-refractivity contribution in [3.05, 3.63) is 77.5 Å². The lowest BCUT2D eigenvalue weighted by molar-refractivity contribution is 0.505. The van der Waals surface area contributed by atoms with E-state index in [-0.39, 0.29) is 22.4 Å². The van der Waals surface area contributed by atoms with Gasteiger partial charge in [-0.25, -0.2) is 17.6 Å². The van der Waals surface area contributed by atoms with Crippen molar-refractivity contribution in [1.82, 2.24) is 4.98 Å². The Hall–Kier alpha value is -2.69. The van der Waals surface area contributed by atoms with Gasteiger partial charge in [-0.2, -0.15) is 0 Å². The van der Waals surface area contributed by atoms with Crippen LogP contribution in [-0.4, -0.2) is 4.98 Å². The molecular weight excluding hydrogens is 306 g/mol. The maximum Gasteiger partial charge on any atom is 0.168 e. The summed E-state index contributed by atoms with van der Waals surface area (Å²) < 4.78 is 54.6. The molecule has 1 nitrogen and oxygen atoms in total. The summed E-state index contributed by atoms with van der Waals surface area (Å²) in [5, 5.41) is 0. The van der Waals surface area contributed by atoms with Gasteiger partial charge >= 0.3 is 0 Å². The normalized spacial score (nSPS) is 10.8. The first-order valence-electron chi connectivity index (χ1n) is 6.84. The summed E-state index contributed by atoms with van der Waals surface area (Å²) in [6, 6.07) is 9.63. The zero-order valence-electron chi connectivity index (χ0n) is 12.1. The molecule has 1 aromatic heterocycles. The van der Waals surface area contributed by atoms with E-state index in [9.17, 15) is 17.6 Å². The van der Waals surface area contributed by atoms with Gasteiger partial charge < -0.3 is 0 Å². The molecule has 5 heteroatoms. The Morgan fingerprint density at radius 2 is 1.52 bits per heavy atom. The largest absolute Gasteiger partial charge is 0.256 e. The van der Waals surface area contributed by atoms with Gasteiger partial charge in [0.05, 0.1) is 5.69 Å². The summed E-state index contributed by atoms with van der Waals surface area (Å²) in [5.74, 6) is -3.85. The molecule has 23 heavy (non-hydrogen) atoms. The standard InChI is InChI=1S/C18H11F4N/c1-10-5-7-13(18(22)16(10)20)15-8-6-11(9-23-15)12-3-2-4-14(19)17(12)21/h2-9H,1H3. The Morgan fingerprint density at radius 1 is 0.739 bits per heavy atom. The predicted molar refractivity (Wildman–Crippen MR) is 79.7 cm³/mol. The van der Waals surface area contributed by atoms with Crippen LogP contribution in [0.2, 0.25) is 0 Å². The molecule has 0 saturated heterocycles. The molecule has 116 valence electrons.